The molecule has 0 bridgehead atoms. The van der Waals surface area contributed by atoms with Gasteiger partial charge in [0.15, 0.2) is 0 Å². The number of rotatable bonds is 9. The molecule has 16 heavy (non-hydrogen) atoms. The molecule has 1 rings (SSSR count). The molecule has 2 atom stereocenters. The van der Waals surface area contributed by atoms with Crippen molar-refractivity contribution in [2.24, 2.45) is 5.92 Å². The average molecular weight is 228 g/mol. The molecule has 3 heteroatoms. The molecule has 1 aliphatic carbocycles. The molecule has 2 N–H and O–H groups in total. The Labute approximate surface area is 100 Å². The SMILES string of the molecule is CCC(C)CN(CC)CC(O)CNC1CC1. The standard InChI is InChI=1S/C13H28N2O/c1-4-11(3)9-15(5-2)10-13(16)8-14-12-6-7-12/h11-14,16H,4-10H2,1-3H3. The van der Waals surface area contributed by atoms with Gasteiger partial charge >= 0.3 is 0 Å². The number of nitrogens with one attached hydrogen (secondary N) is 1. The van der Waals surface area contributed by atoms with Crippen molar-refractivity contribution >= 4 is 0 Å². The lowest BCUT2D eigenvalue weighted by atomic mass is 10.1. The second-order valence-electron chi connectivity index (χ2n) is 5.20. The summed E-state index contributed by atoms with van der Waals surface area (Å²) in [5.41, 5.74) is 0. The Morgan fingerprint density at radius 3 is 2.50 bits per heavy atom. The van der Waals surface area contributed by atoms with E-state index in [1.807, 2.05) is 0 Å². The first-order chi connectivity index (χ1) is 7.65. The largest absolute Gasteiger partial charge is 0.390 e. The highest BCUT2D eigenvalue weighted by Gasteiger charge is 2.21. The minimum absolute atomic E-state index is 0.218. The van der Waals surface area contributed by atoms with Crippen LogP contribution in [0.3, 0.4) is 0 Å². The molecule has 0 aromatic heterocycles. The molecular weight excluding hydrogens is 200 g/mol. The van der Waals surface area contributed by atoms with E-state index < -0.39 is 0 Å². The van der Waals surface area contributed by atoms with Gasteiger partial charge in [-0.25, -0.2) is 0 Å². The molecule has 3 nitrogen and oxygen atoms in total. The third-order valence-corrected chi connectivity index (χ3v) is 3.40. The maximum absolute atomic E-state index is 9.91. The van der Waals surface area contributed by atoms with Gasteiger partial charge < -0.3 is 15.3 Å². The van der Waals surface area contributed by atoms with Crippen LogP contribution >= 0.6 is 0 Å². The number of aliphatic hydroxyl groups excluding tert-OH is 1. The smallest absolute Gasteiger partial charge is 0.0791 e. The van der Waals surface area contributed by atoms with Crippen LogP contribution in [0.25, 0.3) is 0 Å². The van der Waals surface area contributed by atoms with Gasteiger partial charge in [-0.3, -0.25) is 0 Å². The van der Waals surface area contributed by atoms with Gasteiger partial charge in [0, 0.05) is 25.7 Å². The lowest BCUT2D eigenvalue weighted by Crippen LogP contribution is -2.40. The van der Waals surface area contributed by atoms with E-state index in [2.05, 4.69) is 31.0 Å². The fourth-order valence-electron chi connectivity index (χ4n) is 1.86. The summed E-state index contributed by atoms with van der Waals surface area (Å²) in [7, 11) is 0. The Kier molecular flexibility index (Phi) is 6.32. The quantitative estimate of drug-likeness (QED) is 0.627. The van der Waals surface area contributed by atoms with Crippen LogP contribution in [0.5, 0.6) is 0 Å². The van der Waals surface area contributed by atoms with Gasteiger partial charge in [-0.05, 0) is 25.3 Å². The van der Waals surface area contributed by atoms with Crippen LogP contribution in [0.15, 0.2) is 0 Å². The molecule has 0 aromatic carbocycles. The van der Waals surface area contributed by atoms with Crippen LogP contribution in [0, 0.1) is 5.92 Å². The summed E-state index contributed by atoms with van der Waals surface area (Å²) in [6.45, 7) is 10.4. The molecular formula is C13H28N2O. The minimum Gasteiger partial charge on any atom is -0.390 e. The van der Waals surface area contributed by atoms with Crippen molar-refractivity contribution in [3.05, 3.63) is 0 Å². The van der Waals surface area contributed by atoms with Gasteiger partial charge in [0.05, 0.1) is 6.10 Å². The lowest BCUT2D eigenvalue weighted by molar-refractivity contribution is 0.105. The van der Waals surface area contributed by atoms with Gasteiger partial charge in [0.1, 0.15) is 0 Å². The summed E-state index contributed by atoms with van der Waals surface area (Å²) in [4.78, 5) is 2.35. The zero-order chi connectivity index (χ0) is 12.0. The first-order valence-electron chi connectivity index (χ1n) is 6.79. The van der Waals surface area contributed by atoms with Gasteiger partial charge in [-0.15, -0.1) is 0 Å². The molecule has 1 aliphatic rings. The molecule has 0 aromatic rings. The Morgan fingerprint density at radius 2 is 2.00 bits per heavy atom. The fourth-order valence-corrected chi connectivity index (χ4v) is 1.86. The van der Waals surface area contributed by atoms with Crippen molar-refractivity contribution in [3.63, 3.8) is 0 Å². The first kappa shape index (κ1) is 13.9. The van der Waals surface area contributed by atoms with Crippen LogP contribution in [-0.4, -0.2) is 48.3 Å². The molecule has 96 valence electrons. The number of aliphatic hydroxyl groups is 1. The zero-order valence-electron chi connectivity index (χ0n) is 11.1. The van der Waals surface area contributed by atoms with E-state index in [4.69, 9.17) is 0 Å². The molecule has 0 radical (unpaired) electrons. The summed E-state index contributed by atoms with van der Waals surface area (Å²) >= 11 is 0. The highest BCUT2D eigenvalue weighted by Crippen LogP contribution is 2.18. The molecule has 0 amide bonds. The summed E-state index contributed by atoms with van der Waals surface area (Å²) < 4.78 is 0. The third kappa shape index (κ3) is 5.83. The van der Waals surface area contributed by atoms with Crippen LogP contribution in [0.1, 0.15) is 40.0 Å². The first-order valence-corrected chi connectivity index (χ1v) is 6.79. The highest BCUT2D eigenvalue weighted by atomic mass is 16.3. The van der Waals surface area contributed by atoms with E-state index >= 15 is 0 Å². The Hall–Kier alpha value is -0.120. The van der Waals surface area contributed by atoms with E-state index in [9.17, 15) is 5.11 Å². The monoisotopic (exact) mass is 228 g/mol. The number of likely N-dealkylation sites (N-methyl/N-ethyl adjacent to an activating group) is 1. The normalized spacial score (nSPS) is 20.1. The molecule has 2 unspecified atom stereocenters. The Bertz CT molecular complexity index is 183. The predicted molar refractivity (Wildman–Crippen MR) is 68.6 cm³/mol. The summed E-state index contributed by atoms with van der Waals surface area (Å²) in [5.74, 6) is 0.726. The number of hydrogen-bond acceptors (Lipinski definition) is 3. The maximum Gasteiger partial charge on any atom is 0.0791 e. The molecule has 0 spiro atoms. The van der Waals surface area contributed by atoms with Gasteiger partial charge in [-0.1, -0.05) is 27.2 Å². The minimum atomic E-state index is -0.218. The van der Waals surface area contributed by atoms with Gasteiger partial charge in [0.25, 0.3) is 0 Å². The molecule has 0 saturated heterocycles. The van der Waals surface area contributed by atoms with E-state index in [1.165, 1.54) is 19.3 Å². The Balaban J connectivity index is 2.13. The van der Waals surface area contributed by atoms with Crippen molar-refractivity contribution in [2.75, 3.05) is 26.2 Å². The zero-order valence-corrected chi connectivity index (χ0v) is 11.1. The second kappa shape index (κ2) is 7.25. The topological polar surface area (TPSA) is 35.5 Å². The van der Waals surface area contributed by atoms with E-state index in [1.54, 1.807) is 0 Å². The van der Waals surface area contributed by atoms with Crippen molar-refractivity contribution in [3.8, 4) is 0 Å². The van der Waals surface area contributed by atoms with Crippen LogP contribution in [-0.2, 0) is 0 Å². The maximum atomic E-state index is 9.91. The van der Waals surface area contributed by atoms with E-state index in [0.717, 1.165) is 32.1 Å². The number of nitrogens with zero attached hydrogens (tertiary/aromatic N) is 1. The van der Waals surface area contributed by atoms with Crippen LogP contribution in [0.2, 0.25) is 0 Å². The van der Waals surface area contributed by atoms with Crippen molar-refractivity contribution in [1.29, 1.82) is 0 Å². The summed E-state index contributed by atoms with van der Waals surface area (Å²) in [6.07, 6.45) is 3.57. The van der Waals surface area contributed by atoms with Crippen LogP contribution in [0.4, 0.5) is 0 Å². The van der Waals surface area contributed by atoms with E-state index in [-0.39, 0.29) is 6.10 Å². The van der Waals surface area contributed by atoms with E-state index in [0.29, 0.717) is 6.04 Å². The lowest BCUT2D eigenvalue weighted by Gasteiger charge is -2.26. The average Bonchev–Trinajstić information content (AvgIpc) is 3.09. The van der Waals surface area contributed by atoms with Crippen LogP contribution < -0.4 is 5.32 Å². The molecule has 1 saturated carbocycles. The van der Waals surface area contributed by atoms with Crippen molar-refractivity contribution in [2.45, 2.75) is 52.2 Å². The highest BCUT2D eigenvalue weighted by molar-refractivity contribution is 4.82. The molecule has 1 fully saturated rings. The van der Waals surface area contributed by atoms with Gasteiger partial charge in [-0.2, -0.15) is 0 Å². The predicted octanol–water partition coefficient (Wildman–Crippen LogP) is 1.47. The summed E-state index contributed by atoms with van der Waals surface area (Å²) in [6, 6.07) is 0.694. The third-order valence-electron chi connectivity index (χ3n) is 3.40. The summed E-state index contributed by atoms with van der Waals surface area (Å²) in [5, 5.41) is 13.3. The van der Waals surface area contributed by atoms with Gasteiger partial charge in [0.2, 0.25) is 0 Å². The van der Waals surface area contributed by atoms with Crippen molar-refractivity contribution < 1.29 is 5.11 Å². The Morgan fingerprint density at radius 1 is 1.31 bits per heavy atom. The van der Waals surface area contributed by atoms with Crippen molar-refractivity contribution in [1.82, 2.24) is 10.2 Å². The molecule has 0 aliphatic heterocycles. The molecule has 0 heterocycles. The fraction of sp³-hybridized carbons (Fsp3) is 1.00. The second-order valence-corrected chi connectivity index (χ2v) is 5.20. The number of hydrogen-bond donors (Lipinski definition) is 2.